The highest BCUT2D eigenvalue weighted by Crippen LogP contribution is 2.46. The van der Waals surface area contributed by atoms with Crippen LogP contribution in [0.25, 0.3) is 38.5 Å². The molecule has 11 nitrogen and oxygen atoms in total. The Balaban J connectivity index is 1.29. The molecule has 0 aliphatic carbocycles. The maximum absolute atomic E-state index is 17.2. The van der Waals surface area contributed by atoms with Crippen molar-refractivity contribution in [3.63, 3.8) is 0 Å². The van der Waals surface area contributed by atoms with Gasteiger partial charge in [-0.3, -0.25) is 19.7 Å². The van der Waals surface area contributed by atoms with Crippen LogP contribution < -0.4 is 19.5 Å². The van der Waals surface area contributed by atoms with Gasteiger partial charge in [0, 0.05) is 60.0 Å². The normalized spacial score (nSPS) is 23.1. The van der Waals surface area contributed by atoms with Gasteiger partial charge in [-0.1, -0.05) is 19.6 Å². The number of rotatable bonds is 9. The number of phosphoric acid groups is 1. The van der Waals surface area contributed by atoms with Crippen molar-refractivity contribution in [3.05, 3.63) is 65.9 Å². The van der Waals surface area contributed by atoms with Crippen LogP contribution in [0.2, 0.25) is 0 Å². The van der Waals surface area contributed by atoms with Gasteiger partial charge in [0.25, 0.3) is 6.08 Å². The van der Waals surface area contributed by atoms with Gasteiger partial charge in [-0.15, -0.1) is 0 Å². The first-order chi connectivity index (χ1) is 24.8. The Labute approximate surface area is 296 Å². The maximum Gasteiger partial charge on any atom is 0.524 e. The number of aromatic nitrogens is 3. The van der Waals surface area contributed by atoms with Crippen molar-refractivity contribution < 1.29 is 41.2 Å². The number of halogens is 4. The van der Waals surface area contributed by atoms with Crippen molar-refractivity contribution in [2.45, 2.75) is 63.1 Å². The molecule has 2 aromatic heterocycles. The molecule has 3 unspecified atom stereocenters. The molecule has 4 aliphatic heterocycles. The molecule has 4 fully saturated rings. The summed E-state index contributed by atoms with van der Waals surface area (Å²) in [6, 6.07) is 5.43. The first-order valence-corrected chi connectivity index (χ1v) is 18.8. The summed E-state index contributed by atoms with van der Waals surface area (Å²) in [6.07, 6.45) is 3.70. The molecule has 3 atom stereocenters. The minimum atomic E-state index is -5.04. The number of phosphoric ester groups is 1. The number of allylic oxidation sites excluding steroid dienone is 1. The summed E-state index contributed by atoms with van der Waals surface area (Å²) in [5.74, 6) is -1.39. The molecule has 0 saturated carbocycles. The SMILES string of the molecule is C=C(CC)c1c(F)ccc2cc(OP(=O)(O)O)cc(-c3ncc4c(N5CC6CCC(C5)N6)nc(OCC56CCCN5CC(=C(F)F)C6)nc4c3F)c12. The molecule has 274 valence electrons. The van der Waals surface area contributed by atoms with Crippen molar-refractivity contribution in [1.29, 1.82) is 0 Å². The molecule has 4 saturated heterocycles. The second-order valence-electron chi connectivity index (χ2n) is 14.2. The highest BCUT2D eigenvalue weighted by Gasteiger charge is 2.48. The Morgan fingerprint density at radius 2 is 1.92 bits per heavy atom. The molecule has 6 heterocycles. The molecule has 2 aromatic carbocycles. The number of hydrogen-bond donors (Lipinski definition) is 3. The number of fused-ring (bicyclic) bond motifs is 5. The van der Waals surface area contributed by atoms with Crippen molar-refractivity contribution >= 4 is 40.9 Å². The van der Waals surface area contributed by atoms with Crippen LogP contribution in [0.5, 0.6) is 11.8 Å². The van der Waals surface area contributed by atoms with E-state index in [0.29, 0.717) is 54.6 Å². The summed E-state index contributed by atoms with van der Waals surface area (Å²) in [5, 5.41) is 4.42. The number of nitrogens with zero attached hydrogens (tertiary/aromatic N) is 5. The van der Waals surface area contributed by atoms with E-state index in [0.717, 1.165) is 19.3 Å². The molecular formula is C36H37F4N6O5P. The summed E-state index contributed by atoms with van der Waals surface area (Å²) in [6.45, 7) is 7.85. The van der Waals surface area contributed by atoms with Crippen LogP contribution in [0.15, 0.2) is 48.7 Å². The maximum atomic E-state index is 17.2. The molecule has 8 rings (SSSR count). The van der Waals surface area contributed by atoms with E-state index < -0.39 is 31.1 Å². The zero-order valence-corrected chi connectivity index (χ0v) is 29.2. The molecule has 0 radical (unpaired) electrons. The van der Waals surface area contributed by atoms with Crippen molar-refractivity contribution in [2.75, 3.05) is 37.7 Å². The summed E-state index contributed by atoms with van der Waals surface area (Å²) in [5.41, 5.74) is -0.455. The highest BCUT2D eigenvalue weighted by atomic mass is 31.2. The predicted octanol–water partition coefficient (Wildman–Crippen LogP) is 6.73. The number of piperazine rings is 1. The highest BCUT2D eigenvalue weighted by molar-refractivity contribution is 7.46. The smallest absolute Gasteiger partial charge is 0.461 e. The average molecular weight is 741 g/mol. The lowest BCUT2D eigenvalue weighted by molar-refractivity contribution is 0.108. The molecule has 0 amide bonds. The second kappa shape index (κ2) is 13.1. The number of ether oxygens (including phenoxy) is 1. The van der Waals surface area contributed by atoms with Crippen LogP contribution in [0.1, 0.15) is 51.0 Å². The molecule has 3 N–H and O–H groups in total. The van der Waals surface area contributed by atoms with Gasteiger partial charge >= 0.3 is 13.8 Å². The van der Waals surface area contributed by atoms with E-state index in [1.54, 1.807) is 6.92 Å². The van der Waals surface area contributed by atoms with E-state index in [1.165, 1.54) is 30.5 Å². The largest absolute Gasteiger partial charge is 0.524 e. The topological polar surface area (TPSA) is 133 Å². The first kappa shape index (κ1) is 34.9. The quantitative estimate of drug-likeness (QED) is 0.125. The molecule has 4 aliphatic rings. The van der Waals surface area contributed by atoms with Gasteiger partial charge in [0.05, 0.1) is 10.9 Å². The summed E-state index contributed by atoms with van der Waals surface area (Å²) in [7, 11) is -5.04. The lowest BCUT2D eigenvalue weighted by Crippen LogP contribution is -2.51. The van der Waals surface area contributed by atoms with E-state index in [2.05, 4.69) is 21.9 Å². The average Bonchev–Trinajstić information content (AvgIpc) is 3.77. The third-order valence-corrected chi connectivity index (χ3v) is 11.3. The van der Waals surface area contributed by atoms with Crippen LogP contribution in [0.4, 0.5) is 23.4 Å². The Morgan fingerprint density at radius 3 is 2.63 bits per heavy atom. The van der Waals surface area contributed by atoms with Crippen LogP contribution in [0, 0.1) is 11.6 Å². The van der Waals surface area contributed by atoms with Gasteiger partial charge in [-0.05, 0) is 74.2 Å². The van der Waals surface area contributed by atoms with E-state index in [-0.39, 0.29) is 76.7 Å². The molecular weight excluding hydrogens is 703 g/mol. The molecule has 16 heteroatoms. The van der Waals surface area contributed by atoms with Crippen LogP contribution in [0.3, 0.4) is 0 Å². The third-order valence-electron chi connectivity index (χ3n) is 10.9. The fourth-order valence-corrected chi connectivity index (χ4v) is 8.84. The molecule has 52 heavy (non-hydrogen) atoms. The van der Waals surface area contributed by atoms with Crippen molar-refractivity contribution in [2.24, 2.45) is 0 Å². The lowest BCUT2D eigenvalue weighted by Gasteiger charge is -2.34. The fraction of sp³-hybridized carbons (Fsp3) is 0.417. The summed E-state index contributed by atoms with van der Waals surface area (Å²) >= 11 is 0. The second-order valence-corrected chi connectivity index (χ2v) is 15.3. The number of anilines is 1. The van der Waals surface area contributed by atoms with Crippen LogP contribution in [-0.2, 0) is 4.57 Å². The van der Waals surface area contributed by atoms with Gasteiger partial charge in [0.15, 0.2) is 5.82 Å². The van der Waals surface area contributed by atoms with E-state index in [9.17, 15) is 23.1 Å². The van der Waals surface area contributed by atoms with Gasteiger partial charge in [-0.2, -0.15) is 18.7 Å². The zero-order valence-electron chi connectivity index (χ0n) is 28.3. The number of benzene rings is 2. The fourth-order valence-electron chi connectivity index (χ4n) is 8.46. The van der Waals surface area contributed by atoms with E-state index in [1.807, 2.05) is 9.80 Å². The van der Waals surface area contributed by atoms with Gasteiger partial charge < -0.3 is 19.5 Å². The van der Waals surface area contributed by atoms with Crippen molar-refractivity contribution in [3.8, 4) is 23.0 Å². The summed E-state index contributed by atoms with van der Waals surface area (Å²) in [4.78, 5) is 37.1. The lowest BCUT2D eigenvalue weighted by atomic mass is 9.91. The number of pyridine rings is 1. The predicted molar refractivity (Wildman–Crippen MR) is 187 cm³/mol. The van der Waals surface area contributed by atoms with E-state index in [4.69, 9.17) is 14.2 Å². The van der Waals surface area contributed by atoms with Gasteiger partial charge in [-0.25, -0.2) is 13.3 Å². The van der Waals surface area contributed by atoms with Gasteiger partial charge in [0.1, 0.15) is 35.2 Å². The Kier molecular flexibility index (Phi) is 8.77. The Hall–Kier alpha value is -4.14. The monoisotopic (exact) mass is 740 g/mol. The van der Waals surface area contributed by atoms with Crippen LogP contribution in [-0.4, -0.2) is 80.0 Å². The Bertz CT molecular complexity index is 2200. The molecule has 2 bridgehead atoms. The third kappa shape index (κ3) is 6.21. The van der Waals surface area contributed by atoms with Crippen LogP contribution >= 0.6 is 7.82 Å². The minimum Gasteiger partial charge on any atom is -0.461 e. The standard InChI is InChI=1S/C36H37F4N6O5P/c1-3-19(2)28-27(37)8-5-20-11-24(51-52(47,48)49)12-25(29(20)28)31-30(38)32-26(14-41-31)34(45-16-22-6-7-23(17-45)42-22)44-35(43-32)50-18-36-9-4-10-46(36)15-21(13-36)33(39)40/h5,8,11-12,14,22-23,42H,2-4,6-7,9-10,13,15-18H2,1H3,(H2,47,48,49). The van der Waals surface area contributed by atoms with Crippen molar-refractivity contribution in [1.82, 2.24) is 25.2 Å². The van der Waals surface area contributed by atoms with E-state index >= 15 is 8.78 Å². The zero-order chi connectivity index (χ0) is 36.5. The Morgan fingerprint density at radius 1 is 1.15 bits per heavy atom. The molecule has 0 spiro atoms. The minimum absolute atomic E-state index is 0.00584. The number of hydrogen-bond acceptors (Lipinski definition) is 9. The summed E-state index contributed by atoms with van der Waals surface area (Å²) < 4.78 is 83.1. The number of nitrogens with one attached hydrogen (secondary N) is 1. The first-order valence-electron chi connectivity index (χ1n) is 17.3. The molecule has 4 aromatic rings. The van der Waals surface area contributed by atoms with Gasteiger partial charge in [0.2, 0.25) is 0 Å².